The Morgan fingerprint density at radius 1 is 1.25 bits per heavy atom. The molecular weight excluding hydrogens is 144 g/mol. The lowest BCUT2D eigenvalue weighted by Gasteiger charge is -2.09. The van der Waals surface area contributed by atoms with Crippen LogP contribution in [0.2, 0.25) is 0 Å². The van der Waals surface area contributed by atoms with Crippen LogP contribution >= 0.6 is 0 Å². The van der Waals surface area contributed by atoms with E-state index in [1.165, 1.54) is 19.3 Å². The molecule has 2 saturated carbocycles. The van der Waals surface area contributed by atoms with Crippen LogP contribution in [0.1, 0.15) is 46.5 Å². The van der Waals surface area contributed by atoms with Gasteiger partial charge in [0.1, 0.15) is 0 Å². The Labute approximate surface area is 76.7 Å². The molecule has 0 aromatic carbocycles. The molecule has 2 aliphatic rings. The maximum atomic E-state index is 2.49. The minimum atomic E-state index is 1.05. The zero-order valence-corrected chi connectivity index (χ0v) is 8.72. The van der Waals surface area contributed by atoms with E-state index in [1.54, 1.807) is 6.42 Å². The van der Waals surface area contributed by atoms with Gasteiger partial charge < -0.3 is 0 Å². The zero-order chi connectivity index (χ0) is 8.72. The molecule has 0 heteroatoms. The molecule has 70 valence electrons. The second kappa shape index (κ2) is 3.05. The highest BCUT2D eigenvalue weighted by molar-refractivity contribution is 4.97. The van der Waals surface area contributed by atoms with Gasteiger partial charge >= 0.3 is 0 Å². The molecule has 0 N–H and O–H groups in total. The van der Waals surface area contributed by atoms with Crippen LogP contribution < -0.4 is 0 Å². The van der Waals surface area contributed by atoms with Crippen LogP contribution in [0, 0.1) is 29.6 Å². The summed E-state index contributed by atoms with van der Waals surface area (Å²) in [6.07, 6.45) is 5.97. The molecule has 2 rings (SSSR count). The first kappa shape index (κ1) is 8.59. The van der Waals surface area contributed by atoms with Gasteiger partial charge in [-0.25, -0.2) is 0 Å². The summed E-state index contributed by atoms with van der Waals surface area (Å²) in [4.78, 5) is 0. The first-order chi connectivity index (χ1) is 5.74. The fraction of sp³-hybridized carbons (Fsp3) is 1.00. The van der Waals surface area contributed by atoms with Crippen LogP contribution in [0.15, 0.2) is 0 Å². The standard InChI is InChI=1S/C12H22/c1-4-5-10-7-12(10)9(3)11-6-8(11)2/h8-12H,4-7H2,1-3H3. The fourth-order valence-corrected chi connectivity index (χ4v) is 3.02. The van der Waals surface area contributed by atoms with Crippen molar-refractivity contribution < 1.29 is 0 Å². The first-order valence-electron chi connectivity index (χ1n) is 5.74. The molecule has 0 bridgehead atoms. The third kappa shape index (κ3) is 1.53. The van der Waals surface area contributed by atoms with Crippen molar-refractivity contribution in [2.75, 3.05) is 0 Å². The van der Waals surface area contributed by atoms with E-state index >= 15 is 0 Å². The first-order valence-corrected chi connectivity index (χ1v) is 5.74. The quantitative estimate of drug-likeness (QED) is 0.597. The van der Waals surface area contributed by atoms with Crippen LogP contribution in [0.4, 0.5) is 0 Å². The van der Waals surface area contributed by atoms with Crippen LogP contribution in [-0.4, -0.2) is 0 Å². The van der Waals surface area contributed by atoms with Gasteiger partial charge in [0.25, 0.3) is 0 Å². The molecule has 12 heavy (non-hydrogen) atoms. The minimum absolute atomic E-state index is 1.05. The highest BCUT2D eigenvalue weighted by Crippen LogP contribution is 2.56. The van der Waals surface area contributed by atoms with Crippen molar-refractivity contribution in [1.29, 1.82) is 0 Å². The van der Waals surface area contributed by atoms with E-state index in [2.05, 4.69) is 20.8 Å². The van der Waals surface area contributed by atoms with Gasteiger partial charge in [0, 0.05) is 0 Å². The normalized spacial score (nSPS) is 47.2. The van der Waals surface area contributed by atoms with Crippen molar-refractivity contribution in [3.63, 3.8) is 0 Å². The Hall–Kier alpha value is 0. The number of rotatable bonds is 4. The van der Waals surface area contributed by atoms with Crippen molar-refractivity contribution in [3.8, 4) is 0 Å². The highest BCUT2D eigenvalue weighted by atomic mass is 14.5. The molecule has 5 unspecified atom stereocenters. The van der Waals surface area contributed by atoms with Crippen LogP contribution in [0.3, 0.4) is 0 Å². The zero-order valence-electron chi connectivity index (χ0n) is 8.72. The molecule has 0 nitrogen and oxygen atoms in total. The molecule has 0 aromatic rings. The molecule has 2 fully saturated rings. The third-order valence-corrected chi connectivity index (χ3v) is 4.16. The largest absolute Gasteiger partial charge is 0.0654 e. The third-order valence-electron chi connectivity index (χ3n) is 4.16. The van der Waals surface area contributed by atoms with Gasteiger partial charge in [-0.3, -0.25) is 0 Å². The maximum Gasteiger partial charge on any atom is -0.0354 e. The minimum Gasteiger partial charge on any atom is -0.0654 e. The lowest BCUT2D eigenvalue weighted by Crippen LogP contribution is -2.03. The molecule has 2 aliphatic carbocycles. The van der Waals surface area contributed by atoms with Gasteiger partial charge in [-0.15, -0.1) is 0 Å². The van der Waals surface area contributed by atoms with E-state index < -0.39 is 0 Å². The summed E-state index contributed by atoms with van der Waals surface area (Å²) >= 11 is 0. The maximum absolute atomic E-state index is 2.49. The number of hydrogen-bond donors (Lipinski definition) is 0. The van der Waals surface area contributed by atoms with Gasteiger partial charge in [0.05, 0.1) is 0 Å². The summed E-state index contributed by atoms with van der Waals surface area (Å²) in [6.45, 7) is 7.23. The Bertz CT molecular complexity index is 161. The summed E-state index contributed by atoms with van der Waals surface area (Å²) < 4.78 is 0. The van der Waals surface area contributed by atoms with Crippen molar-refractivity contribution in [1.82, 2.24) is 0 Å². The molecule has 0 aromatic heterocycles. The van der Waals surface area contributed by atoms with Gasteiger partial charge in [-0.2, -0.15) is 0 Å². The molecule has 0 heterocycles. The monoisotopic (exact) mass is 166 g/mol. The summed E-state index contributed by atoms with van der Waals surface area (Å²) in [5.41, 5.74) is 0. The van der Waals surface area contributed by atoms with Crippen LogP contribution in [0.5, 0.6) is 0 Å². The lowest BCUT2D eigenvalue weighted by molar-refractivity contribution is 0.397. The summed E-state index contributed by atoms with van der Waals surface area (Å²) in [7, 11) is 0. The highest BCUT2D eigenvalue weighted by Gasteiger charge is 2.48. The SMILES string of the molecule is CCCC1CC1C(C)C1CC1C. The van der Waals surface area contributed by atoms with E-state index in [0.29, 0.717) is 0 Å². The van der Waals surface area contributed by atoms with Crippen molar-refractivity contribution in [3.05, 3.63) is 0 Å². The van der Waals surface area contributed by atoms with E-state index in [-0.39, 0.29) is 0 Å². The topological polar surface area (TPSA) is 0 Å². The second-order valence-electron chi connectivity index (χ2n) is 5.18. The van der Waals surface area contributed by atoms with Crippen molar-refractivity contribution in [2.45, 2.75) is 46.5 Å². The predicted octanol–water partition coefficient (Wildman–Crippen LogP) is 3.71. The number of hydrogen-bond acceptors (Lipinski definition) is 0. The van der Waals surface area contributed by atoms with E-state index in [9.17, 15) is 0 Å². The average molecular weight is 166 g/mol. The Morgan fingerprint density at radius 3 is 2.42 bits per heavy atom. The summed E-state index contributed by atoms with van der Waals surface area (Å²) in [5, 5.41) is 0. The Balaban J connectivity index is 1.73. The average Bonchev–Trinajstić information content (AvgIpc) is 2.87. The fourth-order valence-electron chi connectivity index (χ4n) is 3.02. The summed E-state index contributed by atoms with van der Waals surface area (Å²) in [6, 6.07) is 0. The Kier molecular flexibility index (Phi) is 2.18. The van der Waals surface area contributed by atoms with E-state index in [4.69, 9.17) is 0 Å². The Morgan fingerprint density at radius 2 is 1.92 bits per heavy atom. The van der Waals surface area contributed by atoms with Gasteiger partial charge in [-0.1, -0.05) is 33.6 Å². The molecule has 0 spiro atoms. The molecular formula is C12H22. The van der Waals surface area contributed by atoms with E-state index in [0.717, 1.165) is 29.6 Å². The molecule has 5 atom stereocenters. The molecule has 0 amide bonds. The molecule has 0 saturated heterocycles. The lowest BCUT2D eigenvalue weighted by atomic mass is 9.96. The van der Waals surface area contributed by atoms with E-state index in [1.807, 2.05) is 0 Å². The predicted molar refractivity (Wildman–Crippen MR) is 52.9 cm³/mol. The molecule has 0 radical (unpaired) electrons. The van der Waals surface area contributed by atoms with Gasteiger partial charge in [0.2, 0.25) is 0 Å². The van der Waals surface area contributed by atoms with Crippen LogP contribution in [-0.2, 0) is 0 Å². The van der Waals surface area contributed by atoms with Crippen molar-refractivity contribution >= 4 is 0 Å². The van der Waals surface area contributed by atoms with Crippen LogP contribution in [0.25, 0.3) is 0 Å². The molecule has 0 aliphatic heterocycles. The van der Waals surface area contributed by atoms with Gasteiger partial charge in [0.15, 0.2) is 0 Å². The summed E-state index contributed by atoms with van der Waals surface area (Å²) in [5.74, 6) is 5.47. The van der Waals surface area contributed by atoms with Crippen molar-refractivity contribution in [2.24, 2.45) is 29.6 Å². The second-order valence-corrected chi connectivity index (χ2v) is 5.18. The smallest absolute Gasteiger partial charge is 0.0354 e. The van der Waals surface area contributed by atoms with Gasteiger partial charge in [-0.05, 0) is 42.4 Å².